The van der Waals surface area contributed by atoms with Gasteiger partial charge in [-0.3, -0.25) is 4.79 Å². The van der Waals surface area contributed by atoms with Gasteiger partial charge in [0.2, 0.25) is 5.76 Å². The molecule has 2 aromatic heterocycles. The summed E-state index contributed by atoms with van der Waals surface area (Å²) in [6.45, 7) is 4.94. The lowest BCUT2D eigenvalue weighted by molar-refractivity contribution is -0.156. The van der Waals surface area contributed by atoms with Crippen LogP contribution in [0.3, 0.4) is 0 Å². The van der Waals surface area contributed by atoms with E-state index in [0.717, 1.165) is 43.7 Å². The summed E-state index contributed by atoms with van der Waals surface area (Å²) in [5.41, 5.74) is 0.0816. The van der Waals surface area contributed by atoms with E-state index in [1.54, 1.807) is 12.1 Å². The van der Waals surface area contributed by atoms with Crippen LogP contribution in [0.25, 0.3) is 10.6 Å². The number of hydrogen-bond donors (Lipinski definition) is 0. The Hall–Kier alpha value is -1.83. The topological polar surface area (TPSA) is 46.3 Å². The van der Waals surface area contributed by atoms with E-state index < -0.39 is 11.9 Å². The van der Waals surface area contributed by atoms with E-state index >= 15 is 0 Å². The van der Waals surface area contributed by atoms with E-state index in [4.69, 9.17) is 0 Å². The molecule has 0 atom stereocenters. The van der Waals surface area contributed by atoms with Gasteiger partial charge in [0.25, 0.3) is 5.91 Å². The zero-order valence-corrected chi connectivity index (χ0v) is 14.8. The number of carbonyl (C=O) groups is 1. The second kappa shape index (κ2) is 6.82. The number of hydrogen-bond acceptors (Lipinski definition) is 4. The molecule has 0 aromatic carbocycles. The normalized spacial score (nSPS) is 16.4. The van der Waals surface area contributed by atoms with Crippen LogP contribution in [-0.4, -0.2) is 29.1 Å². The standard InChI is InChI=1S/C17H19F3N2O2S/c1-3-11-6-8-22(9-7-11)16(23)13-5-4-12(25-13)14-10(2)15(24-21-14)17(18,19)20/h4-5,11H,3,6-9H2,1-2H3. The SMILES string of the molecule is CCC1CCN(C(=O)c2ccc(-c3noc(C(F)(F)F)c3C)s2)CC1. The largest absolute Gasteiger partial charge is 0.452 e. The zero-order valence-electron chi connectivity index (χ0n) is 14.0. The van der Waals surface area contributed by atoms with Gasteiger partial charge in [-0.25, -0.2) is 0 Å². The maximum Gasteiger partial charge on any atom is 0.452 e. The predicted molar refractivity (Wildman–Crippen MR) is 88.5 cm³/mol. The van der Waals surface area contributed by atoms with Gasteiger partial charge >= 0.3 is 6.18 Å². The summed E-state index contributed by atoms with van der Waals surface area (Å²) < 4.78 is 42.9. The highest BCUT2D eigenvalue weighted by atomic mass is 32.1. The van der Waals surface area contributed by atoms with Crippen LogP contribution in [0.2, 0.25) is 0 Å². The van der Waals surface area contributed by atoms with Gasteiger partial charge in [0, 0.05) is 18.7 Å². The van der Waals surface area contributed by atoms with Crippen LogP contribution in [0.5, 0.6) is 0 Å². The van der Waals surface area contributed by atoms with Gasteiger partial charge in [-0.1, -0.05) is 18.5 Å². The third-order valence-corrected chi connectivity index (χ3v) is 5.79. The first-order chi connectivity index (χ1) is 11.8. The number of aromatic nitrogens is 1. The first-order valence-electron chi connectivity index (χ1n) is 8.24. The lowest BCUT2D eigenvalue weighted by Gasteiger charge is -2.31. The van der Waals surface area contributed by atoms with Crippen LogP contribution in [0.1, 0.15) is 47.2 Å². The van der Waals surface area contributed by atoms with E-state index in [9.17, 15) is 18.0 Å². The minimum absolute atomic E-state index is 0.0582. The van der Waals surface area contributed by atoms with Crippen molar-refractivity contribution in [1.82, 2.24) is 10.1 Å². The van der Waals surface area contributed by atoms with Gasteiger partial charge < -0.3 is 9.42 Å². The molecule has 3 heterocycles. The minimum Gasteiger partial charge on any atom is -0.351 e. The molecule has 0 saturated carbocycles. The molecule has 0 spiro atoms. The molecule has 1 fully saturated rings. The van der Waals surface area contributed by atoms with Gasteiger partial charge in [-0.15, -0.1) is 11.3 Å². The smallest absolute Gasteiger partial charge is 0.351 e. The van der Waals surface area contributed by atoms with Crippen LogP contribution in [0.4, 0.5) is 13.2 Å². The highest BCUT2D eigenvalue weighted by Crippen LogP contribution is 2.38. The summed E-state index contributed by atoms with van der Waals surface area (Å²) >= 11 is 1.15. The molecule has 1 aliphatic rings. The van der Waals surface area contributed by atoms with Crippen LogP contribution < -0.4 is 0 Å². The van der Waals surface area contributed by atoms with Crippen LogP contribution in [0, 0.1) is 12.8 Å². The third-order valence-electron chi connectivity index (χ3n) is 4.71. The monoisotopic (exact) mass is 372 g/mol. The number of alkyl halides is 3. The molecule has 0 radical (unpaired) electrons. The fourth-order valence-corrected chi connectivity index (χ4v) is 4.12. The molecule has 136 valence electrons. The fraction of sp³-hybridized carbons (Fsp3) is 0.529. The molecule has 4 nitrogen and oxygen atoms in total. The third kappa shape index (κ3) is 3.58. The van der Waals surface area contributed by atoms with Gasteiger partial charge in [0.05, 0.1) is 9.75 Å². The maximum absolute atomic E-state index is 12.8. The number of carbonyl (C=O) groups excluding carboxylic acids is 1. The molecule has 0 bridgehead atoms. The Balaban J connectivity index is 1.77. The highest BCUT2D eigenvalue weighted by Gasteiger charge is 2.39. The average molecular weight is 372 g/mol. The van der Waals surface area contributed by atoms with Crippen molar-refractivity contribution >= 4 is 17.2 Å². The van der Waals surface area contributed by atoms with Crippen molar-refractivity contribution in [2.45, 2.75) is 39.3 Å². The fourth-order valence-electron chi connectivity index (χ4n) is 3.11. The first-order valence-corrected chi connectivity index (χ1v) is 9.05. The summed E-state index contributed by atoms with van der Waals surface area (Å²) in [7, 11) is 0. The van der Waals surface area contributed by atoms with Crippen LogP contribution in [0.15, 0.2) is 16.7 Å². The summed E-state index contributed by atoms with van der Waals surface area (Å²) in [5, 5.41) is 3.55. The summed E-state index contributed by atoms with van der Waals surface area (Å²) in [4.78, 5) is 15.4. The molecular formula is C17H19F3N2O2S. The van der Waals surface area contributed by atoms with Crippen molar-refractivity contribution < 1.29 is 22.5 Å². The summed E-state index contributed by atoms with van der Waals surface area (Å²) in [5.74, 6) is -0.491. The molecule has 25 heavy (non-hydrogen) atoms. The summed E-state index contributed by atoms with van der Waals surface area (Å²) in [6, 6.07) is 3.28. The van der Waals surface area contributed by atoms with Gasteiger partial charge in [-0.2, -0.15) is 13.2 Å². The lowest BCUT2D eigenvalue weighted by atomic mass is 9.94. The van der Waals surface area contributed by atoms with E-state index in [2.05, 4.69) is 16.6 Å². The van der Waals surface area contributed by atoms with Crippen LogP contribution in [-0.2, 0) is 6.18 Å². The van der Waals surface area contributed by atoms with Gasteiger partial charge in [0.1, 0.15) is 5.69 Å². The number of thiophene rings is 1. The molecular weight excluding hydrogens is 353 g/mol. The van der Waals surface area contributed by atoms with E-state index in [1.165, 1.54) is 6.92 Å². The average Bonchev–Trinajstić information content (AvgIpc) is 3.20. The van der Waals surface area contributed by atoms with Crippen molar-refractivity contribution in [3.8, 4) is 10.6 Å². The first kappa shape index (κ1) is 18.0. The zero-order chi connectivity index (χ0) is 18.2. The Labute approximate surface area is 147 Å². The molecule has 0 aliphatic carbocycles. The van der Waals surface area contributed by atoms with Crippen molar-refractivity contribution in [3.63, 3.8) is 0 Å². The molecule has 2 aromatic rings. The number of piperidine rings is 1. The second-order valence-electron chi connectivity index (χ2n) is 6.29. The summed E-state index contributed by atoms with van der Waals surface area (Å²) in [6.07, 6.45) is -1.46. The molecule has 1 aliphatic heterocycles. The quantitative estimate of drug-likeness (QED) is 0.762. The van der Waals surface area contributed by atoms with Crippen molar-refractivity contribution in [2.24, 2.45) is 5.92 Å². The van der Waals surface area contributed by atoms with E-state index in [-0.39, 0.29) is 17.2 Å². The van der Waals surface area contributed by atoms with Crippen molar-refractivity contribution in [3.05, 3.63) is 28.3 Å². The van der Waals surface area contributed by atoms with Crippen molar-refractivity contribution in [1.29, 1.82) is 0 Å². The van der Waals surface area contributed by atoms with Crippen LogP contribution >= 0.6 is 11.3 Å². The molecule has 1 amide bonds. The van der Waals surface area contributed by atoms with E-state index in [0.29, 0.717) is 15.7 Å². The number of amides is 1. The van der Waals surface area contributed by atoms with Crippen molar-refractivity contribution in [2.75, 3.05) is 13.1 Å². The molecule has 3 rings (SSSR count). The van der Waals surface area contributed by atoms with Gasteiger partial charge in [-0.05, 0) is 37.8 Å². The van der Waals surface area contributed by atoms with E-state index in [1.807, 2.05) is 4.90 Å². The second-order valence-corrected chi connectivity index (χ2v) is 7.37. The maximum atomic E-state index is 12.8. The molecule has 8 heteroatoms. The molecule has 0 N–H and O–H groups in total. The minimum atomic E-state index is -4.57. The van der Waals surface area contributed by atoms with Gasteiger partial charge in [0.15, 0.2) is 0 Å². The number of rotatable bonds is 3. The number of likely N-dealkylation sites (tertiary alicyclic amines) is 1. The Bertz CT molecular complexity index is 758. The number of nitrogens with zero attached hydrogens (tertiary/aromatic N) is 2. The molecule has 1 saturated heterocycles. The number of halogens is 3. The highest BCUT2D eigenvalue weighted by molar-refractivity contribution is 7.17. The Kier molecular flexibility index (Phi) is 4.90. The Morgan fingerprint density at radius 1 is 1.36 bits per heavy atom. The lowest BCUT2D eigenvalue weighted by Crippen LogP contribution is -2.37. The predicted octanol–water partition coefficient (Wildman–Crippen LogP) is 4.99. The Morgan fingerprint density at radius 2 is 2.04 bits per heavy atom. The molecule has 0 unspecified atom stereocenters. The Morgan fingerprint density at radius 3 is 2.60 bits per heavy atom.